The molecule has 0 heterocycles. The van der Waals surface area contributed by atoms with Gasteiger partial charge in [0.05, 0.1) is 6.10 Å². The molecule has 22 heavy (non-hydrogen) atoms. The fourth-order valence-electron chi connectivity index (χ4n) is 5.81. The summed E-state index contributed by atoms with van der Waals surface area (Å²) in [5.74, 6) is 3.21. The van der Waals surface area contributed by atoms with Crippen molar-refractivity contribution in [3.8, 4) is 0 Å². The normalized spacial score (nSPS) is 44.6. The summed E-state index contributed by atoms with van der Waals surface area (Å²) in [6, 6.07) is 0. The van der Waals surface area contributed by atoms with Crippen molar-refractivity contribution in [1.29, 1.82) is 0 Å². The van der Waals surface area contributed by atoms with Gasteiger partial charge in [0, 0.05) is 0 Å². The van der Waals surface area contributed by atoms with E-state index in [-0.39, 0.29) is 13.5 Å². The molecule has 1 nitrogen and oxygen atoms in total. The molecule has 6 atom stereocenters. The quantitative estimate of drug-likeness (QED) is 0.435. The maximum atomic E-state index is 10.5. The Morgan fingerprint density at radius 3 is 2.36 bits per heavy atom. The maximum absolute atomic E-state index is 10.5. The molecule has 3 fully saturated rings. The monoisotopic (exact) mass is 377 g/mol. The van der Waals surface area contributed by atoms with Crippen LogP contribution in [0.4, 0.5) is 0 Å². The SMILES string of the molecule is O[C@@H]1CCC[C@@]12CCCC1C3C=CC=CC3CC12.[CH3-].[Cl][Ti][Cl]. The van der Waals surface area contributed by atoms with E-state index in [1.807, 2.05) is 0 Å². The zero-order chi connectivity index (χ0) is 14.9. The Balaban J connectivity index is 0.000000411. The summed E-state index contributed by atoms with van der Waals surface area (Å²) in [5.41, 5.74) is 0.307. The van der Waals surface area contributed by atoms with Gasteiger partial charge in [-0.15, -0.1) is 0 Å². The average Bonchev–Trinajstić information content (AvgIpc) is 3.04. The van der Waals surface area contributed by atoms with Crippen LogP contribution in [0.25, 0.3) is 0 Å². The van der Waals surface area contributed by atoms with Crippen molar-refractivity contribution in [2.75, 3.05) is 0 Å². The summed E-state index contributed by atoms with van der Waals surface area (Å²) in [6.45, 7) is 0. The van der Waals surface area contributed by atoms with Crippen molar-refractivity contribution >= 4 is 18.6 Å². The van der Waals surface area contributed by atoms with Crippen LogP contribution in [0.5, 0.6) is 0 Å². The summed E-state index contributed by atoms with van der Waals surface area (Å²) in [6.07, 6.45) is 18.4. The zero-order valence-electron chi connectivity index (χ0n) is 13.3. The first-order valence-electron chi connectivity index (χ1n) is 8.22. The van der Waals surface area contributed by atoms with Crippen LogP contribution >= 0.6 is 18.6 Å². The zero-order valence-corrected chi connectivity index (χ0v) is 16.4. The molecule has 1 N–H and O–H groups in total. The molecule has 3 saturated carbocycles. The van der Waals surface area contributed by atoms with E-state index in [0.29, 0.717) is 5.41 Å². The van der Waals surface area contributed by atoms with Crippen molar-refractivity contribution in [3.05, 3.63) is 31.7 Å². The Hall–Kier alpha value is 0.734. The predicted octanol–water partition coefficient (Wildman–Crippen LogP) is 5.52. The van der Waals surface area contributed by atoms with Gasteiger partial charge in [-0.2, -0.15) is 0 Å². The first kappa shape index (κ1) is 19.1. The predicted molar refractivity (Wildman–Crippen MR) is 91.1 cm³/mol. The summed E-state index contributed by atoms with van der Waals surface area (Å²) in [5, 5.41) is 10.5. The number of rotatable bonds is 0. The van der Waals surface area contributed by atoms with Crippen molar-refractivity contribution in [3.63, 3.8) is 0 Å². The van der Waals surface area contributed by atoms with E-state index in [9.17, 15) is 5.11 Å². The molecule has 0 saturated heterocycles. The van der Waals surface area contributed by atoms with Gasteiger partial charge in [-0.1, -0.05) is 37.1 Å². The molecule has 0 amide bonds. The molecule has 0 bridgehead atoms. The van der Waals surface area contributed by atoms with Gasteiger partial charge in [-0.25, -0.2) is 0 Å². The van der Waals surface area contributed by atoms with E-state index in [0.717, 1.165) is 30.1 Å². The van der Waals surface area contributed by atoms with Crippen LogP contribution < -0.4 is 0 Å². The summed E-state index contributed by atoms with van der Waals surface area (Å²) in [7, 11) is 9.78. The van der Waals surface area contributed by atoms with Crippen molar-refractivity contribution < 1.29 is 22.1 Å². The fourth-order valence-corrected chi connectivity index (χ4v) is 5.81. The number of aliphatic hydroxyl groups is 1. The van der Waals surface area contributed by atoms with Crippen molar-refractivity contribution in [2.24, 2.45) is 29.1 Å². The van der Waals surface area contributed by atoms with Crippen LogP contribution in [0.1, 0.15) is 44.9 Å². The Morgan fingerprint density at radius 2 is 1.68 bits per heavy atom. The van der Waals surface area contributed by atoms with Crippen LogP contribution in [0.3, 0.4) is 0 Å². The van der Waals surface area contributed by atoms with E-state index in [1.54, 1.807) is 0 Å². The van der Waals surface area contributed by atoms with Gasteiger partial charge in [0.1, 0.15) is 0 Å². The molecule has 4 heteroatoms. The first-order valence-corrected chi connectivity index (χ1v) is 12.5. The molecule has 0 aromatic heterocycles. The van der Waals surface area contributed by atoms with Gasteiger partial charge in [0.15, 0.2) is 0 Å². The number of hydrogen-bond donors (Lipinski definition) is 1. The van der Waals surface area contributed by atoms with Crippen LogP contribution in [0, 0.1) is 36.5 Å². The van der Waals surface area contributed by atoms with Gasteiger partial charge in [0.25, 0.3) is 0 Å². The second-order valence-electron chi connectivity index (χ2n) is 7.12. The van der Waals surface area contributed by atoms with Crippen LogP contribution in [-0.4, -0.2) is 11.2 Å². The first-order chi connectivity index (χ1) is 10.2. The fraction of sp³-hybridized carbons (Fsp3) is 0.722. The Labute approximate surface area is 152 Å². The molecule has 1 spiro atoms. The molecule has 4 aliphatic rings. The van der Waals surface area contributed by atoms with Gasteiger partial charge < -0.3 is 12.5 Å². The average molecular weight is 378 g/mol. The van der Waals surface area contributed by atoms with E-state index in [1.165, 1.54) is 38.5 Å². The van der Waals surface area contributed by atoms with Gasteiger partial charge >= 0.3 is 35.6 Å². The number of allylic oxidation sites excluding steroid dienone is 4. The molecule has 0 aromatic carbocycles. The minimum absolute atomic E-state index is 0. The third-order valence-electron chi connectivity index (χ3n) is 6.54. The minimum atomic E-state index is -0.556. The van der Waals surface area contributed by atoms with E-state index >= 15 is 0 Å². The van der Waals surface area contributed by atoms with Gasteiger partial charge in [-0.3, -0.25) is 0 Å². The number of aliphatic hydroxyl groups excluding tert-OH is 1. The Kier molecular flexibility index (Phi) is 7.12. The van der Waals surface area contributed by atoms with Gasteiger partial charge in [-0.05, 0) is 61.2 Å². The van der Waals surface area contributed by atoms with E-state index < -0.39 is 17.0 Å². The molecule has 0 aromatic rings. The number of fused-ring (bicyclic) bond motifs is 4. The Bertz CT molecular complexity index is 425. The molecule has 4 aliphatic carbocycles. The third kappa shape index (κ3) is 3.26. The molecule has 4 unspecified atom stereocenters. The molecule has 4 rings (SSSR count). The second-order valence-corrected chi connectivity index (χ2v) is 9.70. The molecule has 0 radical (unpaired) electrons. The molecular weight excluding hydrogens is 351 g/mol. The van der Waals surface area contributed by atoms with E-state index in [2.05, 4.69) is 24.3 Å². The summed E-state index contributed by atoms with van der Waals surface area (Å²) < 4.78 is 0. The van der Waals surface area contributed by atoms with Crippen molar-refractivity contribution in [2.45, 2.75) is 51.0 Å². The summed E-state index contributed by atoms with van der Waals surface area (Å²) in [4.78, 5) is 0. The second kappa shape index (κ2) is 8.21. The van der Waals surface area contributed by atoms with Gasteiger partial charge in [0.2, 0.25) is 0 Å². The molecular formula is C18H27Cl2OTi-. The van der Waals surface area contributed by atoms with Crippen LogP contribution in [0.2, 0.25) is 0 Å². The third-order valence-corrected chi connectivity index (χ3v) is 6.54. The Morgan fingerprint density at radius 1 is 1.05 bits per heavy atom. The molecule has 124 valence electrons. The van der Waals surface area contributed by atoms with Crippen LogP contribution in [-0.2, 0) is 17.0 Å². The van der Waals surface area contributed by atoms with Crippen LogP contribution in [0.15, 0.2) is 24.3 Å². The standard InChI is InChI=1S/C17H24O.CH3.2ClH.Ti/c18-16-8-4-10-17(16)9-3-7-14-13-6-2-1-5-12(13)11-15(14)17;;;;/h1-2,5-6,12-16,18H,3-4,7-11H2;1H3;2*1H;/q;-1;;;+2/p-2/t12?,13?,14?,15?,16-,17-;;;;/m1..../s1. The van der Waals surface area contributed by atoms with Crippen molar-refractivity contribution in [1.82, 2.24) is 0 Å². The number of halogens is 2. The number of hydrogen-bond acceptors (Lipinski definition) is 1. The topological polar surface area (TPSA) is 20.2 Å². The summed E-state index contributed by atoms with van der Waals surface area (Å²) >= 11 is -0.556. The van der Waals surface area contributed by atoms with E-state index in [4.69, 9.17) is 18.6 Å². The molecule has 0 aliphatic heterocycles.